The van der Waals surface area contributed by atoms with Gasteiger partial charge in [-0.25, -0.2) is 0 Å². The minimum atomic E-state index is -4.94. The Hall–Kier alpha value is -3.54. The molecule has 7 nitrogen and oxygen atoms in total. The maximum atomic E-state index is 14.6. The summed E-state index contributed by atoms with van der Waals surface area (Å²) in [7, 11) is 0. The predicted molar refractivity (Wildman–Crippen MR) is 134 cm³/mol. The van der Waals surface area contributed by atoms with E-state index in [0.29, 0.717) is 12.0 Å². The lowest BCUT2D eigenvalue weighted by Gasteiger charge is -2.33. The second-order valence-corrected chi connectivity index (χ2v) is 9.44. The van der Waals surface area contributed by atoms with Gasteiger partial charge in [0.15, 0.2) is 0 Å². The topological polar surface area (TPSA) is 108 Å². The van der Waals surface area contributed by atoms with Gasteiger partial charge in [-0.1, -0.05) is 74.5 Å². The molecule has 12 heteroatoms. The Balaban J connectivity index is 2.17. The molecule has 0 aliphatic rings. The number of carbonyl (C=O) groups excluding carboxylic acids is 3. The van der Waals surface area contributed by atoms with Crippen LogP contribution in [-0.2, 0) is 27.2 Å². The average Bonchev–Trinajstić information content (AvgIpc) is 2.88. The molecule has 2 aromatic rings. The molecule has 0 saturated carbocycles. The van der Waals surface area contributed by atoms with E-state index < -0.39 is 60.5 Å². The highest BCUT2D eigenvalue weighted by atomic mass is 19.4. The Morgan fingerprint density at radius 2 is 1.38 bits per heavy atom. The van der Waals surface area contributed by atoms with Crippen molar-refractivity contribution in [2.45, 2.75) is 63.4 Å². The number of aliphatic hydroxyl groups is 1. The quantitative estimate of drug-likeness (QED) is 0.284. The summed E-state index contributed by atoms with van der Waals surface area (Å²) in [4.78, 5) is 37.7. The SMILES string of the molecule is CC(C)[C@H](NC(=O)[C@H](Cc1ccccc1)NC(=O)CCc1ccccc1)[C@@H](O)C(F)(F)C(=O)NCC(F)(F)F. The molecule has 0 aliphatic heterocycles. The Kier molecular flexibility index (Phi) is 11.4. The molecule has 3 atom stereocenters. The lowest BCUT2D eigenvalue weighted by Crippen LogP contribution is -2.61. The van der Waals surface area contributed by atoms with Gasteiger partial charge in [0.05, 0.1) is 6.04 Å². The first-order chi connectivity index (χ1) is 18.2. The van der Waals surface area contributed by atoms with Gasteiger partial charge in [-0.2, -0.15) is 22.0 Å². The Morgan fingerprint density at radius 1 is 0.846 bits per heavy atom. The number of aryl methyl sites for hydroxylation is 1. The minimum Gasteiger partial charge on any atom is -0.384 e. The third kappa shape index (κ3) is 10.3. The summed E-state index contributed by atoms with van der Waals surface area (Å²) < 4.78 is 66.4. The first kappa shape index (κ1) is 31.7. The Bertz CT molecular complexity index is 1080. The molecule has 0 aromatic heterocycles. The van der Waals surface area contributed by atoms with Crippen molar-refractivity contribution in [3.63, 3.8) is 0 Å². The number of hydrogen-bond acceptors (Lipinski definition) is 4. The maximum absolute atomic E-state index is 14.6. The van der Waals surface area contributed by atoms with Crippen LogP contribution in [0.1, 0.15) is 31.4 Å². The Morgan fingerprint density at radius 3 is 1.90 bits per heavy atom. The van der Waals surface area contributed by atoms with Gasteiger partial charge in [0.2, 0.25) is 11.8 Å². The van der Waals surface area contributed by atoms with Crippen LogP contribution in [0, 0.1) is 5.92 Å². The maximum Gasteiger partial charge on any atom is 0.405 e. The molecule has 2 aromatic carbocycles. The molecule has 39 heavy (non-hydrogen) atoms. The predicted octanol–water partition coefficient (Wildman–Crippen LogP) is 3.16. The van der Waals surface area contributed by atoms with E-state index >= 15 is 0 Å². The molecule has 0 saturated heterocycles. The summed E-state index contributed by atoms with van der Waals surface area (Å²) in [5, 5.41) is 16.2. The van der Waals surface area contributed by atoms with Crippen LogP contribution in [-0.4, -0.2) is 59.7 Å². The van der Waals surface area contributed by atoms with Crippen molar-refractivity contribution in [1.82, 2.24) is 16.0 Å². The molecule has 0 aliphatic carbocycles. The van der Waals surface area contributed by atoms with E-state index in [9.17, 15) is 41.4 Å². The molecule has 0 unspecified atom stereocenters. The molecule has 0 heterocycles. The van der Waals surface area contributed by atoms with Crippen molar-refractivity contribution >= 4 is 17.7 Å². The van der Waals surface area contributed by atoms with Crippen molar-refractivity contribution in [1.29, 1.82) is 0 Å². The molecule has 4 N–H and O–H groups in total. The molecule has 2 rings (SSSR count). The lowest BCUT2D eigenvalue weighted by molar-refractivity contribution is -0.174. The fourth-order valence-electron chi connectivity index (χ4n) is 3.76. The summed E-state index contributed by atoms with van der Waals surface area (Å²) in [5.74, 6) is -9.23. The van der Waals surface area contributed by atoms with Crippen LogP contribution in [0.15, 0.2) is 60.7 Å². The van der Waals surface area contributed by atoms with E-state index in [-0.39, 0.29) is 12.8 Å². The van der Waals surface area contributed by atoms with Gasteiger partial charge < -0.3 is 21.1 Å². The number of aliphatic hydroxyl groups excluding tert-OH is 1. The minimum absolute atomic E-state index is 0.00682. The van der Waals surface area contributed by atoms with Gasteiger partial charge in [-0.15, -0.1) is 0 Å². The van der Waals surface area contributed by atoms with Gasteiger partial charge in [-0.05, 0) is 23.5 Å². The van der Waals surface area contributed by atoms with E-state index in [1.165, 1.54) is 13.8 Å². The normalized spacial score (nSPS) is 14.3. The van der Waals surface area contributed by atoms with Crippen LogP contribution >= 0.6 is 0 Å². The fourth-order valence-corrected chi connectivity index (χ4v) is 3.76. The number of alkyl halides is 5. The van der Waals surface area contributed by atoms with Gasteiger partial charge in [-0.3, -0.25) is 14.4 Å². The summed E-state index contributed by atoms with van der Waals surface area (Å²) in [5.41, 5.74) is 1.55. The van der Waals surface area contributed by atoms with Crippen LogP contribution < -0.4 is 16.0 Å². The van der Waals surface area contributed by atoms with Crippen molar-refractivity contribution in [2.75, 3.05) is 6.54 Å². The number of carbonyl (C=O) groups is 3. The Labute approximate surface area is 223 Å². The largest absolute Gasteiger partial charge is 0.405 e. The van der Waals surface area contributed by atoms with Gasteiger partial charge in [0.1, 0.15) is 18.7 Å². The average molecular weight is 558 g/mol. The lowest BCUT2D eigenvalue weighted by atomic mass is 9.93. The zero-order chi connectivity index (χ0) is 29.2. The summed E-state index contributed by atoms with van der Waals surface area (Å²) in [6.07, 6.45) is -7.37. The van der Waals surface area contributed by atoms with E-state index in [1.54, 1.807) is 30.3 Å². The van der Waals surface area contributed by atoms with Crippen LogP contribution in [0.2, 0.25) is 0 Å². The monoisotopic (exact) mass is 557 g/mol. The molecular weight excluding hydrogens is 525 g/mol. The first-order valence-corrected chi connectivity index (χ1v) is 12.3. The molecule has 3 amide bonds. The zero-order valence-corrected chi connectivity index (χ0v) is 21.5. The number of halogens is 5. The van der Waals surface area contributed by atoms with Crippen LogP contribution in [0.4, 0.5) is 22.0 Å². The highest BCUT2D eigenvalue weighted by molar-refractivity contribution is 5.88. The van der Waals surface area contributed by atoms with E-state index in [1.807, 2.05) is 30.3 Å². The van der Waals surface area contributed by atoms with Crippen molar-refractivity contribution in [2.24, 2.45) is 5.92 Å². The third-order valence-electron chi connectivity index (χ3n) is 5.91. The summed E-state index contributed by atoms with van der Waals surface area (Å²) in [6.45, 7) is 0.742. The van der Waals surface area contributed by atoms with Gasteiger partial charge >= 0.3 is 12.1 Å². The molecule has 0 radical (unpaired) electrons. The second-order valence-electron chi connectivity index (χ2n) is 9.44. The van der Waals surface area contributed by atoms with E-state index in [2.05, 4.69) is 10.6 Å². The van der Waals surface area contributed by atoms with E-state index in [0.717, 1.165) is 10.9 Å². The number of benzene rings is 2. The zero-order valence-electron chi connectivity index (χ0n) is 21.5. The summed E-state index contributed by atoms with van der Waals surface area (Å²) >= 11 is 0. The second kappa shape index (κ2) is 14.0. The number of hydrogen-bond donors (Lipinski definition) is 4. The molecule has 214 valence electrons. The smallest absolute Gasteiger partial charge is 0.384 e. The van der Waals surface area contributed by atoms with Crippen LogP contribution in [0.3, 0.4) is 0 Å². The first-order valence-electron chi connectivity index (χ1n) is 12.3. The number of amides is 3. The number of nitrogens with one attached hydrogen (secondary N) is 3. The fraction of sp³-hybridized carbons (Fsp3) is 0.444. The summed E-state index contributed by atoms with van der Waals surface area (Å²) in [6, 6.07) is 14.7. The molecular formula is C27H32F5N3O4. The third-order valence-corrected chi connectivity index (χ3v) is 5.91. The molecule has 0 bridgehead atoms. The highest BCUT2D eigenvalue weighted by Crippen LogP contribution is 2.26. The van der Waals surface area contributed by atoms with Crippen molar-refractivity contribution in [3.8, 4) is 0 Å². The van der Waals surface area contributed by atoms with Crippen molar-refractivity contribution in [3.05, 3.63) is 71.8 Å². The molecule has 0 spiro atoms. The van der Waals surface area contributed by atoms with Crippen LogP contribution in [0.25, 0.3) is 0 Å². The van der Waals surface area contributed by atoms with Gasteiger partial charge in [0.25, 0.3) is 5.91 Å². The van der Waals surface area contributed by atoms with Gasteiger partial charge in [0, 0.05) is 12.8 Å². The van der Waals surface area contributed by atoms with E-state index in [4.69, 9.17) is 0 Å². The number of rotatable bonds is 13. The highest BCUT2D eigenvalue weighted by Gasteiger charge is 2.52. The standard InChI is InChI=1S/C27H32F5N3O4/c1-17(2)22(23(37)27(31,32)25(39)33-16-26(28,29)30)35-24(38)20(15-19-11-7-4-8-12-19)34-21(36)14-13-18-9-5-3-6-10-18/h3-12,17,20,22-23,37H,13-16H2,1-2H3,(H,33,39)(H,34,36)(H,35,38)/t20-,22-,23+/m0/s1. The van der Waals surface area contributed by atoms with Crippen LogP contribution in [0.5, 0.6) is 0 Å². The van der Waals surface area contributed by atoms with Crippen molar-refractivity contribution < 1.29 is 41.4 Å². The molecule has 0 fully saturated rings.